The Labute approximate surface area is 134 Å². The summed E-state index contributed by atoms with van der Waals surface area (Å²) in [6.07, 6.45) is 0.889. The molecule has 2 aliphatic heterocycles. The second-order valence-corrected chi connectivity index (χ2v) is 6.42. The molecule has 122 valence electrons. The lowest BCUT2D eigenvalue weighted by Gasteiger charge is -2.17. The number of hydrogen-bond acceptors (Lipinski definition) is 4. The molecule has 3 N–H and O–H groups in total. The Kier molecular flexibility index (Phi) is 3.88. The van der Waals surface area contributed by atoms with Crippen LogP contribution in [0.15, 0.2) is 24.3 Å². The number of nitrogens with zero attached hydrogens (tertiary/aromatic N) is 2. The first-order valence-corrected chi connectivity index (χ1v) is 8.07. The van der Waals surface area contributed by atoms with Gasteiger partial charge in [-0.2, -0.15) is 5.10 Å². The average molecular weight is 316 g/mol. The summed E-state index contributed by atoms with van der Waals surface area (Å²) in [5.74, 6) is -0.137. The van der Waals surface area contributed by atoms with E-state index in [0.29, 0.717) is 6.61 Å². The number of rotatable bonds is 3. The lowest BCUT2D eigenvalue weighted by atomic mass is 9.94. The van der Waals surface area contributed by atoms with Gasteiger partial charge in [-0.3, -0.25) is 10.00 Å². The minimum atomic E-state index is -0.166. The van der Waals surface area contributed by atoms with Crippen LogP contribution in [0, 0.1) is 5.82 Å². The number of aromatic nitrogens is 2. The van der Waals surface area contributed by atoms with Crippen molar-refractivity contribution in [3.05, 3.63) is 52.6 Å². The Bertz CT molecular complexity index is 702. The Hall–Kier alpha value is -1.76. The van der Waals surface area contributed by atoms with Crippen LogP contribution in [0.4, 0.5) is 4.39 Å². The van der Waals surface area contributed by atoms with E-state index < -0.39 is 0 Å². The van der Waals surface area contributed by atoms with Gasteiger partial charge in [0.05, 0.1) is 18.9 Å². The van der Waals surface area contributed by atoms with E-state index in [1.54, 1.807) is 6.07 Å². The molecule has 1 aromatic heterocycles. The zero-order valence-electron chi connectivity index (χ0n) is 13.0. The van der Waals surface area contributed by atoms with Crippen molar-refractivity contribution in [1.82, 2.24) is 15.1 Å². The third-order valence-electron chi connectivity index (χ3n) is 4.90. The number of H-pyrrole nitrogens is 1. The van der Waals surface area contributed by atoms with E-state index in [1.165, 1.54) is 17.3 Å². The SMILES string of the molecule is N[C@@H]1CN(Cc2n[nH]c3c2COCC3)C[C@H]1c1ccccc1F. The summed E-state index contributed by atoms with van der Waals surface area (Å²) in [7, 11) is 0. The van der Waals surface area contributed by atoms with Gasteiger partial charge < -0.3 is 10.5 Å². The fourth-order valence-electron chi connectivity index (χ4n) is 3.66. The molecule has 5 nitrogen and oxygen atoms in total. The number of benzene rings is 1. The molecule has 1 aromatic carbocycles. The molecule has 1 saturated heterocycles. The van der Waals surface area contributed by atoms with Crippen LogP contribution in [-0.2, 0) is 24.3 Å². The maximum Gasteiger partial charge on any atom is 0.126 e. The van der Waals surface area contributed by atoms with Crippen molar-refractivity contribution in [2.45, 2.75) is 31.5 Å². The summed E-state index contributed by atoms with van der Waals surface area (Å²) in [5.41, 5.74) is 10.4. The van der Waals surface area contributed by atoms with E-state index in [-0.39, 0.29) is 17.8 Å². The van der Waals surface area contributed by atoms with Crippen molar-refractivity contribution in [3.63, 3.8) is 0 Å². The van der Waals surface area contributed by atoms with Crippen LogP contribution < -0.4 is 5.73 Å². The van der Waals surface area contributed by atoms with Crippen molar-refractivity contribution in [2.75, 3.05) is 19.7 Å². The van der Waals surface area contributed by atoms with Crippen LogP contribution in [-0.4, -0.2) is 40.8 Å². The van der Waals surface area contributed by atoms with Crippen molar-refractivity contribution < 1.29 is 9.13 Å². The molecule has 0 bridgehead atoms. The molecule has 3 heterocycles. The predicted molar refractivity (Wildman–Crippen MR) is 84.3 cm³/mol. The first kappa shape index (κ1) is 14.8. The molecule has 6 heteroatoms. The molecule has 2 aromatic rings. The van der Waals surface area contributed by atoms with Gasteiger partial charge in [-0.25, -0.2) is 4.39 Å². The van der Waals surface area contributed by atoms with Gasteiger partial charge in [0.25, 0.3) is 0 Å². The molecule has 0 saturated carbocycles. The summed E-state index contributed by atoms with van der Waals surface area (Å²) < 4.78 is 19.6. The monoisotopic (exact) mass is 316 g/mol. The quantitative estimate of drug-likeness (QED) is 0.901. The van der Waals surface area contributed by atoms with Crippen LogP contribution in [0.2, 0.25) is 0 Å². The Morgan fingerprint density at radius 1 is 1.35 bits per heavy atom. The minimum Gasteiger partial charge on any atom is -0.376 e. The maximum atomic E-state index is 14.0. The van der Waals surface area contributed by atoms with E-state index in [2.05, 4.69) is 15.1 Å². The molecule has 0 spiro atoms. The van der Waals surface area contributed by atoms with Gasteiger partial charge >= 0.3 is 0 Å². The molecule has 0 radical (unpaired) electrons. The van der Waals surface area contributed by atoms with Crippen molar-refractivity contribution in [1.29, 1.82) is 0 Å². The number of fused-ring (bicyclic) bond motifs is 1. The Morgan fingerprint density at radius 3 is 3.09 bits per heavy atom. The van der Waals surface area contributed by atoms with E-state index in [1.807, 2.05) is 12.1 Å². The van der Waals surface area contributed by atoms with Crippen LogP contribution in [0.25, 0.3) is 0 Å². The van der Waals surface area contributed by atoms with Crippen molar-refractivity contribution in [2.24, 2.45) is 5.73 Å². The molecule has 2 atom stereocenters. The van der Waals surface area contributed by atoms with Gasteiger partial charge in [0.2, 0.25) is 0 Å². The van der Waals surface area contributed by atoms with Crippen LogP contribution in [0.3, 0.4) is 0 Å². The van der Waals surface area contributed by atoms with E-state index in [9.17, 15) is 4.39 Å². The molecular weight excluding hydrogens is 295 g/mol. The second kappa shape index (κ2) is 6.03. The highest BCUT2D eigenvalue weighted by atomic mass is 19.1. The minimum absolute atomic E-state index is 0.0298. The van der Waals surface area contributed by atoms with Crippen LogP contribution in [0.1, 0.15) is 28.4 Å². The van der Waals surface area contributed by atoms with Crippen LogP contribution in [0.5, 0.6) is 0 Å². The predicted octanol–water partition coefficient (Wildman–Crippen LogP) is 1.55. The molecule has 1 fully saturated rings. The lowest BCUT2D eigenvalue weighted by molar-refractivity contribution is 0.109. The number of aromatic amines is 1. The summed E-state index contributed by atoms with van der Waals surface area (Å²) in [4.78, 5) is 2.26. The first-order valence-electron chi connectivity index (χ1n) is 8.07. The van der Waals surface area contributed by atoms with Gasteiger partial charge in [-0.1, -0.05) is 18.2 Å². The fourth-order valence-corrected chi connectivity index (χ4v) is 3.66. The Morgan fingerprint density at radius 2 is 2.22 bits per heavy atom. The molecule has 4 rings (SSSR count). The smallest absolute Gasteiger partial charge is 0.126 e. The normalized spacial score (nSPS) is 24.8. The highest BCUT2D eigenvalue weighted by Crippen LogP contribution is 2.30. The van der Waals surface area contributed by atoms with Gasteiger partial charge in [0, 0.05) is 49.3 Å². The zero-order chi connectivity index (χ0) is 15.8. The first-order chi connectivity index (χ1) is 11.2. The highest BCUT2D eigenvalue weighted by Gasteiger charge is 2.33. The molecule has 2 aliphatic rings. The van der Waals surface area contributed by atoms with Gasteiger partial charge in [0.15, 0.2) is 0 Å². The maximum absolute atomic E-state index is 14.0. The average Bonchev–Trinajstić information content (AvgIpc) is 3.12. The number of nitrogens with two attached hydrogens (primary N) is 1. The topological polar surface area (TPSA) is 67.2 Å². The number of ether oxygens (including phenoxy) is 1. The zero-order valence-corrected chi connectivity index (χ0v) is 13.0. The summed E-state index contributed by atoms with van der Waals surface area (Å²) in [5, 5.41) is 7.56. The number of likely N-dealkylation sites (tertiary alicyclic amines) is 1. The van der Waals surface area contributed by atoms with E-state index in [0.717, 1.165) is 43.9 Å². The highest BCUT2D eigenvalue weighted by molar-refractivity contribution is 5.28. The van der Waals surface area contributed by atoms with Gasteiger partial charge in [-0.15, -0.1) is 0 Å². The number of nitrogens with one attached hydrogen (secondary N) is 1. The molecule has 0 amide bonds. The fraction of sp³-hybridized carbons (Fsp3) is 0.471. The second-order valence-electron chi connectivity index (χ2n) is 6.42. The lowest BCUT2D eigenvalue weighted by Crippen LogP contribution is -2.29. The molecule has 0 aliphatic carbocycles. The summed E-state index contributed by atoms with van der Waals surface area (Å²) >= 11 is 0. The van der Waals surface area contributed by atoms with Gasteiger partial charge in [0.1, 0.15) is 5.82 Å². The third-order valence-corrected chi connectivity index (χ3v) is 4.90. The van der Waals surface area contributed by atoms with Crippen molar-refractivity contribution >= 4 is 0 Å². The third kappa shape index (κ3) is 2.78. The summed E-state index contributed by atoms with van der Waals surface area (Å²) in [6.45, 7) is 3.61. The summed E-state index contributed by atoms with van der Waals surface area (Å²) in [6, 6.07) is 6.88. The van der Waals surface area contributed by atoms with Gasteiger partial charge in [-0.05, 0) is 11.6 Å². The van der Waals surface area contributed by atoms with E-state index >= 15 is 0 Å². The number of halogens is 1. The van der Waals surface area contributed by atoms with Crippen LogP contribution >= 0.6 is 0 Å². The van der Waals surface area contributed by atoms with Crippen molar-refractivity contribution in [3.8, 4) is 0 Å². The molecule has 0 unspecified atom stereocenters. The standard InChI is InChI=1S/C17H21FN4O/c18-14-4-2-1-3-11(14)12-7-22(8-15(12)19)9-17-13-10-23-6-5-16(13)20-21-17/h1-4,12,15H,5-10,19H2,(H,20,21)/t12-,15+/m0/s1. The number of hydrogen-bond donors (Lipinski definition) is 2. The Balaban J connectivity index is 1.50. The molecular formula is C17H21FN4O. The largest absolute Gasteiger partial charge is 0.376 e. The molecule has 23 heavy (non-hydrogen) atoms. The van der Waals surface area contributed by atoms with E-state index in [4.69, 9.17) is 10.5 Å².